The normalized spacial score (nSPS) is 29.2. The van der Waals surface area contributed by atoms with Crippen molar-refractivity contribution in [2.75, 3.05) is 13.1 Å². The first-order chi connectivity index (χ1) is 8.55. The van der Waals surface area contributed by atoms with Crippen LogP contribution in [0.25, 0.3) is 0 Å². The van der Waals surface area contributed by atoms with Gasteiger partial charge in [0.1, 0.15) is 0 Å². The van der Waals surface area contributed by atoms with Crippen molar-refractivity contribution in [1.29, 1.82) is 0 Å². The topological polar surface area (TPSA) is 48.8 Å². The predicted molar refractivity (Wildman–Crippen MR) is 60.9 cm³/mol. The van der Waals surface area contributed by atoms with Gasteiger partial charge in [0.25, 0.3) is 0 Å². The minimum Gasteiger partial charge on any atom is -0.365 e. The lowest BCUT2D eigenvalue weighted by Crippen LogP contribution is -2.32. The predicted octanol–water partition coefficient (Wildman–Crippen LogP) is 2.12. The number of allylic oxidation sites excluding steroid dienone is 2. The molecule has 18 heavy (non-hydrogen) atoms. The van der Waals surface area contributed by atoms with Crippen LogP contribution in [0.3, 0.4) is 0 Å². The number of hydrogen-bond acceptors (Lipinski definition) is 4. The smallest absolute Gasteiger partial charge is 0.365 e. The SMILES string of the molecule is FC(F)(F)C1=CNC(N=N[C@@H]2CCCNC2)C=C1. The van der Waals surface area contributed by atoms with Gasteiger partial charge in [0, 0.05) is 12.7 Å². The second-order valence-electron chi connectivity index (χ2n) is 4.30. The fourth-order valence-corrected chi connectivity index (χ4v) is 1.82. The summed E-state index contributed by atoms with van der Waals surface area (Å²) in [6.45, 7) is 1.77. The van der Waals surface area contributed by atoms with Crippen LogP contribution in [0.15, 0.2) is 34.2 Å². The lowest BCUT2D eigenvalue weighted by atomic mass is 10.1. The summed E-state index contributed by atoms with van der Waals surface area (Å²) in [4.78, 5) is 0. The summed E-state index contributed by atoms with van der Waals surface area (Å²) in [5, 5.41) is 13.9. The van der Waals surface area contributed by atoms with Crippen molar-refractivity contribution in [3.8, 4) is 0 Å². The average Bonchev–Trinajstić information content (AvgIpc) is 2.37. The summed E-state index contributed by atoms with van der Waals surface area (Å²) < 4.78 is 37.0. The Morgan fingerprint density at radius 1 is 1.28 bits per heavy atom. The third kappa shape index (κ3) is 3.56. The molecule has 1 unspecified atom stereocenters. The molecule has 2 heterocycles. The molecule has 2 aliphatic rings. The van der Waals surface area contributed by atoms with Crippen LogP contribution in [0.1, 0.15) is 12.8 Å². The van der Waals surface area contributed by atoms with Gasteiger partial charge >= 0.3 is 6.18 Å². The van der Waals surface area contributed by atoms with Crippen LogP contribution >= 0.6 is 0 Å². The van der Waals surface area contributed by atoms with Gasteiger partial charge in [0.15, 0.2) is 6.17 Å². The highest BCUT2D eigenvalue weighted by Crippen LogP contribution is 2.27. The molecule has 0 amide bonds. The summed E-state index contributed by atoms with van der Waals surface area (Å²) in [6, 6.07) is 0.127. The van der Waals surface area contributed by atoms with Crippen LogP contribution in [0.2, 0.25) is 0 Å². The molecule has 2 rings (SSSR count). The van der Waals surface area contributed by atoms with Crippen LogP contribution in [0, 0.1) is 0 Å². The fourth-order valence-electron chi connectivity index (χ4n) is 1.82. The lowest BCUT2D eigenvalue weighted by molar-refractivity contribution is -0.0888. The second kappa shape index (κ2) is 5.51. The van der Waals surface area contributed by atoms with E-state index in [0.29, 0.717) is 0 Å². The van der Waals surface area contributed by atoms with Crippen molar-refractivity contribution in [2.45, 2.75) is 31.2 Å². The van der Waals surface area contributed by atoms with Crippen molar-refractivity contribution in [2.24, 2.45) is 10.2 Å². The monoisotopic (exact) mass is 260 g/mol. The Balaban J connectivity index is 1.85. The van der Waals surface area contributed by atoms with Gasteiger partial charge in [-0.25, -0.2) is 0 Å². The molecule has 7 heteroatoms. The average molecular weight is 260 g/mol. The molecular weight excluding hydrogens is 245 g/mol. The van der Waals surface area contributed by atoms with Crippen molar-refractivity contribution < 1.29 is 13.2 Å². The highest BCUT2D eigenvalue weighted by atomic mass is 19.4. The van der Waals surface area contributed by atoms with Gasteiger partial charge in [-0.15, -0.1) is 0 Å². The lowest BCUT2D eigenvalue weighted by Gasteiger charge is -2.19. The second-order valence-corrected chi connectivity index (χ2v) is 4.30. The molecule has 0 bridgehead atoms. The molecule has 0 saturated carbocycles. The minimum atomic E-state index is -4.32. The first-order valence-electron chi connectivity index (χ1n) is 5.88. The summed E-state index contributed by atoms with van der Waals surface area (Å²) in [7, 11) is 0. The maximum atomic E-state index is 12.3. The van der Waals surface area contributed by atoms with Crippen LogP contribution in [-0.4, -0.2) is 31.5 Å². The van der Waals surface area contributed by atoms with Gasteiger partial charge in [-0.1, -0.05) is 0 Å². The molecule has 0 aliphatic carbocycles. The van der Waals surface area contributed by atoms with E-state index in [1.807, 2.05) is 0 Å². The Kier molecular flexibility index (Phi) is 4.00. The van der Waals surface area contributed by atoms with E-state index in [4.69, 9.17) is 0 Å². The summed E-state index contributed by atoms with van der Waals surface area (Å²) in [6.07, 6.45) is 0.522. The third-order valence-electron chi connectivity index (χ3n) is 2.82. The molecule has 2 aliphatic heterocycles. The molecule has 2 N–H and O–H groups in total. The number of rotatable bonds is 2. The molecule has 0 aromatic heterocycles. The zero-order valence-corrected chi connectivity index (χ0v) is 9.74. The Hall–Kier alpha value is -1.37. The first kappa shape index (κ1) is 13.1. The molecule has 1 saturated heterocycles. The van der Waals surface area contributed by atoms with Crippen LogP contribution < -0.4 is 10.6 Å². The molecular formula is C11H15F3N4. The van der Waals surface area contributed by atoms with Gasteiger partial charge in [-0.3, -0.25) is 0 Å². The van der Waals surface area contributed by atoms with E-state index in [-0.39, 0.29) is 6.04 Å². The van der Waals surface area contributed by atoms with Gasteiger partial charge in [-0.05, 0) is 31.5 Å². The standard InChI is InChI=1S/C11H15F3N4/c12-11(13,14)8-3-4-10(16-6-8)18-17-9-2-1-5-15-7-9/h3-4,6,9-10,15-16H,1-2,5,7H2/t9-,10?/m1/s1. The van der Waals surface area contributed by atoms with Crippen molar-refractivity contribution in [3.05, 3.63) is 23.9 Å². The van der Waals surface area contributed by atoms with E-state index in [9.17, 15) is 13.2 Å². The summed E-state index contributed by atoms with van der Waals surface area (Å²) in [5.41, 5.74) is -0.701. The van der Waals surface area contributed by atoms with Gasteiger partial charge in [0.05, 0.1) is 11.6 Å². The molecule has 4 nitrogen and oxygen atoms in total. The number of alkyl halides is 3. The number of piperidine rings is 1. The van der Waals surface area contributed by atoms with Gasteiger partial charge in [0.2, 0.25) is 0 Å². The summed E-state index contributed by atoms with van der Waals surface area (Å²) >= 11 is 0. The minimum absolute atomic E-state index is 0.127. The number of azo groups is 1. The van der Waals surface area contributed by atoms with E-state index in [1.54, 1.807) is 0 Å². The van der Waals surface area contributed by atoms with E-state index in [2.05, 4.69) is 20.9 Å². The highest BCUT2D eigenvalue weighted by Gasteiger charge is 2.33. The number of dihydropyridines is 1. The number of nitrogens with one attached hydrogen (secondary N) is 2. The Bertz CT molecular complexity index is 367. The Morgan fingerprint density at radius 3 is 2.67 bits per heavy atom. The molecule has 1 fully saturated rings. The molecule has 100 valence electrons. The van der Waals surface area contributed by atoms with Crippen molar-refractivity contribution in [3.63, 3.8) is 0 Å². The molecule has 0 aromatic carbocycles. The van der Waals surface area contributed by atoms with Crippen LogP contribution in [-0.2, 0) is 0 Å². The Labute approximate surface area is 103 Å². The molecule has 0 radical (unpaired) electrons. The fraction of sp³-hybridized carbons (Fsp3) is 0.636. The van der Waals surface area contributed by atoms with E-state index < -0.39 is 17.9 Å². The van der Waals surface area contributed by atoms with Crippen molar-refractivity contribution in [1.82, 2.24) is 10.6 Å². The number of hydrogen-bond donors (Lipinski definition) is 2. The number of halogens is 3. The van der Waals surface area contributed by atoms with E-state index >= 15 is 0 Å². The number of nitrogens with zero attached hydrogens (tertiary/aromatic N) is 2. The zero-order valence-electron chi connectivity index (χ0n) is 9.74. The molecule has 0 aromatic rings. The maximum Gasteiger partial charge on any atom is 0.417 e. The van der Waals surface area contributed by atoms with Gasteiger partial charge in [-0.2, -0.15) is 23.4 Å². The third-order valence-corrected chi connectivity index (χ3v) is 2.82. The quantitative estimate of drug-likeness (QED) is 0.747. The van der Waals surface area contributed by atoms with Gasteiger partial charge < -0.3 is 10.6 Å². The van der Waals surface area contributed by atoms with E-state index in [1.165, 1.54) is 6.08 Å². The summed E-state index contributed by atoms with van der Waals surface area (Å²) in [5.74, 6) is 0. The van der Waals surface area contributed by atoms with Crippen molar-refractivity contribution >= 4 is 0 Å². The van der Waals surface area contributed by atoms with Crippen LogP contribution in [0.4, 0.5) is 13.2 Å². The van der Waals surface area contributed by atoms with Crippen LogP contribution in [0.5, 0.6) is 0 Å². The first-order valence-corrected chi connectivity index (χ1v) is 5.88. The highest BCUT2D eigenvalue weighted by molar-refractivity contribution is 5.27. The Morgan fingerprint density at radius 2 is 2.11 bits per heavy atom. The molecule has 2 atom stereocenters. The molecule has 0 spiro atoms. The largest absolute Gasteiger partial charge is 0.417 e. The maximum absolute atomic E-state index is 12.3. The van der Waals surface area contributed by atoms with E-state index in [0.717, 1.165) is 38.2 Å². The zero-order chi connectivity index (χ0) is 13.0.